The number of nitrogens with zero attached hydrogens (tertiary/aromatic N) is 3. The molecule has 1 aromatic heterocycles. The third-order valence-corrected chi connectivity index (χ3v) is 3.08. The molecule has 0 saturated carbocycles. The quantitative estimate of drug-likeness (QED) is 0.802. The molecule has 1 aromatic carbocycles. The maximum Gasteiger partial charge on any atom is 0.165 e. The van der Waals surface area contributed by atoms with Crippen molar-refractivity contribution in [2.45, 2.75) is 19.3 Å². The summed E-state index contributed by atoms with van der Waals surface area (Å²) in [6.07, 6.45) is 0. The first-order chi connectivity index (χ1) is 8.19. The van der Waals surface area contributed by atoms with Crippen LogP contribution >= 0.6 is 23.2 Å². The number of benzene rings is 1. The number of hydrogen-bond donors (Lipinski definition) is 0. The van der Waals surface area contributed by atoms with Gasteiger partial charge in [-0.05, 0) is 19.1 Å². The zero-order valence-corrected chi connectivity index (χ0v) is 10.6. The smallest absolute Gasteiger partial charge is 0.165 e. The third kappa shape index (κ3) is 2.15. The third-order valence-electron chi connectivity index (χ3n) is 2.46. The normalized spacial score (nSPS) is 10.8. The lowest BCUT2D eigenvalue weighted by Crippen LogP contribution is -2.02. The van der Waals surface area contributed by atoms with Gasteiger partial charge in [-0.2, -0.15) is 0 Å². The second-order valence-corrected chi connectivity index (χ2v) is 4.06. The zero-order chi connectivity index (χ0) is 12.4. The summed E-state index contributed by atoms with van der Waals surface area (Å²) < 4.78 is 15.2. The van der Waals surface area contributed by atoms with E-state index in [-0.39, 0.29) is 10.9 Å². The van der Waals surface area contributed by atoms with E-state index in [0.717, 1.165) is 0 Å². The molecule has 0 unspecified atom stereocenters. The topological polar surface area (TPSA) is 30.7 Å². The van der Waals surface area contributed by atoms with Gasteiger partial charge in [-0.3, -0.25) is 0 Å². The number of alkyl halides is 1. The van der Waals surface area contributed by atoms with E-state index in [1.807, 2.05) is 11.5 Å². The Morgan fingerprint density at radius 3 is 2.76 bits per heavy atom. The maximum absolute atomic E-state index is 13.4. The SMILES string of the molecule is CCn1c(CCl)nnc1-c1cccc(F)c1Cl. The molecule has 0 bridgehead atoms. The van der Waals surface area contributed by atoms with Crippen LogP contribution in [0.4, 0.5) is 4.39 Å². The van der Waals surface area contributed by atoms with Crippen LogP contribution in [0.5, 0.6) is 0 Å². The van der Waals surface area contributed by atoms with Crippen molar-refractivity contribution in [1.29, 1.82) is 0 Å². The molecule has 1 heterocycles. The summed E-state index contributed by atoms with van der Waals surface area (Å²) in [5, 5.41) is 8.01. The summed E-state index contributed by atoms with van der Waals surface area (Å²) in [5.74, 6) is 0.965. The van der Waals surface area contributed by atoms with Gasteiger partial charge in [0.05, 0.1) is 10.9 Å². The van der Waals surface area contributed by atoms with Gasteiger partial charge in [0.2, 0.25) is 0 Å². The molecule has 3 nitrogen and oxygen atoms in total. The van der Waals surface area contributed by atoms with Crippen LogP contribution in [0, 0.1) is 5.82 Å². The van der Waals surface area contributed by atoms with Gasteiger partial charge in [-0.15, -0.1) is 21.8 Å². The van der Waals surface area contributed by atoms with E-state index in [0.29, 0.717) is 23.8 Å². The Kier molecular flexibility index (Phi) is 3.64. The van der Waals surface area contributed by atoms with E-state index < -0.39 is 5.82 Å². The molecule has 2 rings (SSSR count). The van der Waals surface area contributed by atoms with E-state index in [1.54, 1.807) is 12.1 Å². The Labute approximate surface area is 108 Å². The molecule has 6 heteroatoms. The minimum atomic E-state index is -0.470. The van der Waals surface area contributed by atoms with Crippen LogP contribution in [-0.4, -0.2) is 14.8 Å². The maximum atomic E-state index is 13.4. The van der Waals surface area contributed by atoms with E-state index in [2.05, 4.69) is 10.2 Å². The Bertz CT molecular complexity index is 540. The second-order valence-electron chi connectivity index (χ2n) is 3.42. The van der Waals surface area contributed by atoms with Gasteiger partial charge in [0.15, 0.2) is 5.82 Å². The van der Waals surface area contributed by atoms with Crippen LogP contribution in [0.2, 0.25) is 5.02 Å². The molecule has 2 aromatic rings. The van der Waals surface area contributed by atoms with E-state index in [9.17, 15) is 4.39 Å². The molecule has 0 atom stereocenters. The molecule has 0 aliphatic heterocycles. The lowest BCUT2D eigenvalue weighted by Gasteiger charge is -2.07. The van der Waals surface area contributed by atoms with Crippen molar-refractivity contribution in [3.63, 3.8) is 0 Å². The fourth-order valence-corrected chi connectivity index (χ4v) is 2.05. The van der Waals surface area contributed by atoms with Crippen molar-refractivity contribution >= 4 is 23.2 Å². The highest BCUT2D eigenvalue weighted by molar-refractivity contribution is 6.33. The molecular formula is C11H10Cl2FN3. The monoisotopic (exact) mass is 273 g/mol. The molecule has 0 aliphatic carbocycles. The van der Waals surface area contributed by atoms with Crippen molar-refractivity contribution in [1.82, 2.24) is 14.8 Å². The Hall–Kier alpha value is -1.13. The van der Waals surface area contributed by atoms with Crippen molar-refractivity contribution < 1.29 is 4.39 Å². The molecule has 0 saturated heterocycles. The van der Waals surface area contributed by atoms with Crippen LogP contribution in [0.3, 0.4) is 0 Å². The van der Waals surface area contributed by atoms with Gasteiger partial charge in [0.1, 0.15) is 11.6 Å². The van der Waals surface area contributed by atoms with Crippen molar-refractivity contribution in [2.75, 3.05) is 0 Å². The van der Waals surface area contributed by atoms with Gasteiger partial charge in [0, 0.05) is 12.1 Å². The summed E-state index contributed by atoms with van der Waals surface area (Å²) in [4.78, 5) is 0. The van der Waals surface area contributed by atoms with Crippen molar-refractivity contribution in [3.8, 4) is 11.4 Å². The lowest BCUT2D eigenvalue weighted by atomic mass is 10.2. The molecule has 90 valence electrons. The van der Waals surface area contributed by atoms with Crippen LogP contribution in [-0.2, 0) is 12.4 Å². The first kappa shape index (κ1) is 12.3. The zero-order valence-electron chi connectivity index (χ0n) is 9.12. The standard InChI is InChI=1S/C11H10Cl2FN3/c1-2-17-9(6-12)15-16-11(17)7-4-3-5-8(14)10(7)13/h3-5H,2,6H2,1H3. The van der Waals surface area contributed by atoms with Gasteiger partial charge < -0.3 is 4.57 Å². The summed E-state index contributed by atoms with van der Waals surface area (Å²) in [5.41, 5.74) is 0.525. The molecule has 0 fully saturated rings. The molecule has 0 aliphatic rings. The van der Waals surface area contributed by atoms with Crippen molar-refractivity contribution in [3.05, 3.63) is 34.9 Å². The minimum absolute atomic E-state index is 0.0516. The Morgan fingerprint density at radius 1 is 1.35 bits per heavy atom. The molecule has 0 radical (unpaired) electrons. The molecule has 0 N–H and O–H groups in total. The second kappa shape index (κ2) is 5.02. The van der Waals surface area contributed by atoms with E-state index in [4.69, 9.17) is 23.2 Å². The highest BCUT2D eigenvalue weighted by Gasteiger charge is 2.16. The average Bonchev–Trinajstić information content (AvgIpc) is 2.75. The fourth-order valence-electron chi connectivity index (χ4n) is 1.64. The highest BCUT2D eigenvalue weighted by Crippen LogP contribution is 2.29. The van der Waals surface area contributed by atoms with Gasteiger partial charge in [0.25, 0.3) is 0 Å². The highest BCUT2D eigenvalue weighted by atomic mass is 35.5. The Morgan fingerprint density at radius 2 is 2.12 bits per heavy atom. The molecular weight excluding hydrogens is 264 g/mol. The predicted molar refractivity (Wildman–Crippen MR) is 65.7 cm³/mol. The number of aromatic nitrogens is 3. The number of halogens is 3. The van der Waals surface area contributed by atoms with Gasteiger partial charge in [-0.25, -0.2) is 4.39 Å². The molecule has 0 spiro atoms. The summed E-state index contributed by atoms with van der Waals surface area (Å²) in [6.45, 7) is 2.59. The predicted octanol–water partition coefficient (Wildman–Crippen LogP) is 3.50. The number of rotatable bonds is 3. The summed E-state index contributed by atoms with van der Waals surface area (Å²) >= 11 is 11.7. The van der Waals surface area contributed by atoms with E-state index >= 15 is 0 Å². The van der Waals surface area contributed by atoms with Gasteiger partial charge >= 0.3 is 0 Å². The van der Waals surface area contributed by atoms with Crippen molar-refractivity contribution in [2.24, 2.45) is 0 Å². The fraction of sp³-hybridized carbons (Fsp3) is 0.273. The van der Waals surface area contributed by atoms with Crippen LogP contribution < -0.4 is 0 Å². The van der Waals surface area contributed by atoms with Gasteiger partial charge in [-0.1, -0.05) is 17.7 Å². The first-order valence-corrected chi connectivity index (χ1v) is 6.02. The Balaban J connectivity index is 2.60. The largest absolute Gasteiger partial charge is 0.310 e. The lowest BCUT2D eigenvalue weighted by molar-refractivity contribution is 0.628. The summed E-state index contributed by atoms with van der Waals surface area (Å²) in [6, 6.07) is 4.60. The van der Waals surface area contributed by atoms with E-state index in [1.165, 1.54) is 6.07 Å². The average molecular weight is 274 g/mol. The molecule has 0 amide bonds. The minimum Gasteiger partial charge on any atom is -0.310 e. The summed E-state index contributed by atoms with van der Waals surface area (Å²) in [7, 11) is 0. The first-order valence-electron chi connectivity index (χ1n) is 5.11. The van der Waals surface area contributed by atoms with Crippen LogP contribution in [0.25, 0.3) is 11.4 Å². The van der Waals surface area contributed by atoms with Crippen LogP contribution in [0.1, 0.15) is 12.7 Å². The van der Waals surface area contributed by atoms with Crippen LogP contribution in [0.15, 0.2) is 18.2 Å². The molecule has 17 heavy (non-hydrogen) atoms. The number of hydrogen-bond acceptors (Lipinski definition) is 2.